The van der Waals surface area contributed by atoms with Crippen molar-refractivity contribution in [2.24, 2.45) is 0 Å². The Morgan fingerprint density at radius 2 is 2.00 bits per heavy atom. The van der Waals surface area contributed by atoms with Gasteiger partial charge in [-0.2, -0.15) is 13.2 Å². The second-order valence-corrected chi connectivity index (χ2v) is 7.12. The molecule has 0 saturated heterocycles. The van der Waals surface area contributed by atoms with Crippen LogP contribution in [0.3, 0.4) is 0 Å². The highest BCUT2D eigenvalue weighted by Gasteiger charge is 2.33. The molecular formula is C16H11ClF3N5S. The summed E-state index contributed by atoms with van der Waals surface area (Å²) < 4.78 is 40.2. The number of aromatic nitrogens is 5. The third-order valence-corrected chi connectivity index (χ3v) is 5.20. The number of alkyl halides is 3. The van der Waals surface area contributed by atoms with Crippen molar-refractivity contribution in [1.29, 1.82) is 0 Å². The van der Waals surface area contributed by atoms with Gasteiger partial charge in [0.15, 0.2) is 11.0 Å². The first-order chi connectivity index (χ1) is 12.4. The van der Waals surface area contributed by atoms with Crippen LogP contribution < -0.4 is 0 Å². The highest BCUT2D eigenvalue weighted by atomic mass is 35.5. The summed E-state index contributed by atoms with van der Waals surface area (Å²) in [5.74, 6) is 0.672. The standard InChI is InChI=1S/C16H11ClF3N5S/c17-12-6-10(16(18,19)20)8-22-14(12)26-15-24-23-13(25(15)11-3-4-11)9-2-1-5-21-7-9/h1-2,5-8,11H,3-4H2. The Morgan fingerprint density at radius 3 is 2.62 bits per heavy atom. The SMILES string of the molecule is FC(F)(F)c1cnc(Sc2nnc(-c3cccnc3)n2C2CC2)c(Cl)c1. The second-order valence-electron chi connectivity index (χ2n) is 5.76. The summed E-state index contributed by atoms with van der Waals surface area (Å²) in [4.78, 5) is 7.95. The van der Waals surface area contributed by atoms with Crippen molar-refractivity contribution in [1.82, 2.24) is 24.7 Å². The summed E-state index contributed by atoms with van der Waals surface area (Å²) in [6.45, 7) is 0. The van der Waals surface area contributed by atoms with Crippen LogP contribution in [-0.4, -0.2) is 24.7 Å². The fraction of sp³-hybridized carbons (Fsp3) is 0.250. The van der Waals surface area contributed by atoms with Gasteiger partial charge in [-0.15, -0.1) is 10.2 Å². The van der Waals surface area contributed by atoms with E-state index in [-0.39, 0.29) is 16.1 Å². The van der Waals surface area contributed by atoms with Crippen molar-refractivity contribution in [3.8, 4) is 11.4 Å². The molecule has 0 N–H and O–H groups in total. The zero-order valence-corrected chi connectivity index (χ0v) is 14.7. The van der Waals surface area contributed by atoms with Gasteiger partial charge < -0.3 is 0 Å². The largest absolute Gasteiger partial charge is 0.417 e. The molecule has 0 amide bonds. The minimum atomic E-state index is -4.48. The molecule has 10 heteroatoms. The summed E-state index contributed by atoms with van der Waals surface area (Å²) >= 11 is 7.11. The van der Waals surface area contributed by atoms with Gasteiger partial charge in [-0.3, -0.25) is 9.55 Å². The van der Waals surface area contributed by atoms with Crippen LogP contribution in [0.15, 0.2) is 47.0 Å². The molecule has 0 aliphatic heterocycles. The second kappa shape index (κ2) is 6.55. The van der Waals surface area contributed by atoms with Crippen molar-refractivity contribution in [3.05, 3.63) is 47.4 Å². The predicted octanol–water partition coefficient (Wildman–Crippen LogP) is 4.89. The van der Waals surface area contributed by atoms with Crippen LogP contribution in [0.4, 0.5) is 13.2 Å². The molecule has 0 aromatic carbocycles. The van der Waals surface area contributed by atoms with Crippen LogP contribution in [0.25, 0.3) is 11.4 Å². The summed E-state index contributed by atoms with van der Waals surface area (Å²) in [7, 11) is 0. The van der Waals surface area contributed by atoms with E-state index in [4.69, 9.17) is 11.6 Å². The molecule has 1 fully saturated rings. The maximum absolute atomic E-state index is 12.8. The first-order valence-corrected chi connectivity index (χ1v) is 8.89. The predicted molar refractivity (Wildman–Crippen MR) is 89.9 cm³/mol. The molecule has 0 spiro atoms. The zero-order valence-electron chi connectivity index (χ0n) is 13.1. The molecule has 3 aromatic rings. The smallest absolute Gasteiger partial charge is 0.299 e. The van der Waals surface area contributed by atoms with E-state index in [2.05, 4.69) is 20.2 Å². The van der Waals surface area contributed by atoms with Gasteiger partial charge in [-0.05, 0) is 42.8 Å². The Balaban J connectivity index is 1.68. The number of nitrogens with zero attached hydrogens (tertiary/aromatic N) is 5. The van der Waals surface area contributed by atoms with Crippen molar-refractivity contribution >= 4 is 23.4 Å². The number of hydrogen-bond donors (Lipinski definition) is 0. The van der Waals surface area contributed by atoms with E-state index in [0.29, 0.717) is 11.0 Å². The summed E-state index contributed by atoms with van der Waals surface area (Å²) in [6.07, 6.45) is 1.64. The fourth-order valence-electron chi connectivity index (χ4n) is 2.44. The van der Waals surface area contributed by atoms with E-state index in [1.165, 1.54) is 0 Å². The van der Waals surface area contributed by atoms with Gasteiger partial charge in [-0.25, -0.2) is 4.98 Å². The molecule has 26 heavy (non-hydrogen) atoms. The molecule has 1 aliphatic carbocycles. The molecule has 1 aliphatic rings. The van der Waals surface area contributed by atoms with Gasteiger partial charge >= 0.3 is 6.18 Å². The maximum atomic E-state index is 12.8. The van der Waals surface area contributed by atoms with Crippen molar-refractivity contribution in [2.75, 3.05) is 0 Å². The van der Waals surface area contributed by atoms with Crippen LogP contribution in [0, 0.1) is 0 Å². The lowest BCUT2D eigenvalue weighted by Crippen LogP contribution is -2.06. The molecule has 0 radical (unpaired) electrons. The van der Waals surface area contributed by atoms with Crippen molar-refractivity contribution < 1.29 is 13.2 Å². The topological polar surface area (TPSA) is 56.5 Å². The highest BCUT2D eigenvalue weighted by molar-refractivity contribution is 7.99. The van der Waals surface area contributed by atoms with Crippen LogP contribution in [-0.2, 0) is 6.18 Å². The van der Waals surface area contributed by atoms with Crippen LogP contribution in [0.1, 0.15) is 24.4 Å². The third-order valence-electron chi connectivity index (χ3n) is 3.82. The van der Waals surface area contributed by atoms with Gasteiger partial charge in [0.1, 0.15) is 5.03 Å². The van der Waals surface area contributed by atoms with Gasteiger partial charge in [-0.1, -0.05) is 11.6 Å². The fourth-order valence-corrected chi connectivity index (χ4v) is 3.57. The zero-order chi connectivity index (χ0) is 18.3. The maximum Gasteiger partial charge on any atom is 0.417 e. The summed E-state index contributed by atoms with van der Waals surface area (Å²) in [5.41, 5.74) is -0.0585. The van der Waals surface area contributed by atoms with E-state index in [1.54, 1.807) is 12.4 Å². The lowest BCUT2D eigenvalue weighted by atomic mass is 10.3. The molecule has 0 bridgehead atoms. The minimum Gasteiger partial charge on any atom is -0.299 e. The number of hydrogen-bond acceptors (Lipinski definition) is 5. The Bertz CT molecular complexity index is 941. The molecule has 4 rings (SSSR count). The highest BCUT2D eigenvalue weighted by Crippen LogP contribution is 2.43. The first-order valence-electron chi connectivity index (χ1n) is 7.69. The number of halogens is 4. The molecule has 3 heterocycles. The Kier molecular flexibility index (Phi) is 4.36. The average Bonchev–Trinajstić information content (AvgIpc) is 3.37. The van der Waals surface area contributed by atoms with Crippen LogP contribution in [0.5, 0.6) is 0 Å². The molecule has 0 atom stereocenters. The van der Waals surface area contributed by atoms with Gasteiger partial charge in [0.2, 0.25) is 0 Å². The van der Waals surface area contributed by atoms with E-state index < -0.39 is 11.7 Å². The molecule has 0 unspecified atom stereocenters. The van der Waals surface area contributed by atoms with Crippen molar-refractivity contribution in [2.45, 2.75) is 35.2 Å². The lowest BCUT2D eigenvalue weighted by molar-refractivity contribution is -0.137. The Morgan fingerprint density at radius 1 is 1.19 bits per heavy atom. The molecule has 134 valence electrons. The van der Waals surface area contributed by atoms with E-state index in [9.17, 15) is 13.2 Å². The number of pyridine rings is 2. The first kappa shape index (κ1) is 17.3. The summed E-state index contributed by atoms with van der Waals surface area (Å²) in [6, 6.07) is 4.82. The minimum absolute atomic E-state index is 0.0712. The van der Waals surface area contributed by atoms with Gasteiger partial charge in [0.25, 0.3) is 0 Å². The van der Waals surface area contributed by atoms with Crippen LogP contribution >= 0.6 is 23.4 Å². The van der Waals surface area contributed by atoms with E-state index in [0.717, 1.165) is 42.4 Å². The summed E-state index contributed by atoms with van der Waals surface area (Å²) in [5, 5.41) is 9.15. The molecular weight excluding hydrogens is 387 g/mol. The Labute approximate surface area is 155 Å². The molecule has 5 nitrogen and oxygen atoms in total. The van der Waals surface area contributed by atoms with Crippen molar-refractivity contribution in [3.63, 3.8) is 0 Å². The normalized spacial score (nSPS) is 14.6. The number of rotatable bonds is 4. The Hall–Kier alpha value is -2.13. The van der Waals surface area contributed by atoms with E-state index >= 15 is 0 Å². The monoisotopic (exact) mass is 397 g/mol. The average molecular weight is 398 g/mol. The van der Waals surface area contributed by atoms with Gasteiger partial charge in [0, 0.05) is 30.2 Å². The molecule has 1 saturated carbocycles. The quantitative estimate of drug-likeness (QED) is 0.627. The van der Waals surface area contributed by atoms with Gasteiger partial charge in [0.05, 0.1) is 10.6 Å². The lowest BCUT2D eigenvalue weighted by Gasteiger charge is -2.10. The van der Waals surface area contributed by atoms with Crippen LogP contribution in [0.2, 0.25) is 5.02 Å². The third kappa shape index (κ3) is 3.41. The van der Waals surface area contributed by atoms with E-state index in [1.807, 2.05) is 16.7 Å². The molecule has 3 aromatic heterocycles.